The number of aromatic nitrogens is 1. The van der Waals surface area contributed by atoms with E-state index in [4.69, 9.17) is 10.5 Å². The fourth-order valence-corrected chi connectivity index (χ4v) is 3.02. The number of carbonyl (C=O) groups excluding carboxylic acids is 1. The van der Waals surface area contributed by atoms with Crippen LogP contribution in [0.25, 0.3) is 0 Å². The van der Waals surface area contributed by atoms with Crippen LogP contribution in [0, 0.1) is 0 Å². The van der Waals surface area contributed by atoms with Gasteiger partial charge in [0.25, 0.3) is 5.91 Å². The van der Waals surface area contributed by atoms with Gasteiger partial charge in [-0.2, -0.15) is 0 Å². The Morgan fingerprint density at radius 3 is 2.60 bits per heavy atom. The molecule has 25 heavy (non-hydrogen) atoms. The van der Waals surface area contributed by atoms with E-state index in [2.05, 4.69) is 17.1 Å². The van der Waals surface area contributed by atoms with Crippen LogP contribution < -0.4 is 10.5 Å². The second kappa shape index (κ2) is 9.61. The van der Waals surface area contributed by atoms with E-state index in [1.807, 2.05) is 25.1 Å². The molecular weight excluding hydrogens is 361 g/mol. The number of carbonyl (C=O) groups is 1. The van der Waals surface area contributed by atoms with Gasteiger partial charge in [-0.25, -0.2) is 4.98 Å². The molecule has 0 aliphatic carbocycles. The van der Waals surface area contributed by atoms with Crippen LogP contribution in [0.1, 0.15) is 28.9 Å². The predicted octanol–water partition coefficient (Wildman–Crippen LogP) is 2.89. The molecule has 1 aromatic carbocycles. The van der Waals surface area contributed by atoms with Gasteiger partial charge in [0.15, 0.2) is 11.4 Å². The number of amides is 1. The molecule has 2 aromatic rings. The molecule has 136 valence electrons. The first-order valence-corrected chi connectivity index (χ1v) is 7.88. The van der Waals surface area contributed by atoms with Crippen molar-refractivity contribution < 1.29 is 9.53 Å². The largest absolute Gasteiger partial charge is 0.491 e. The summed E-state index contributed by atoms with van der Waals surface area (Å²) in [4.78, 5) is 18.8. The smallest absolute Gasteiger partial charge is 0.276 e. The first-order valence-electron chi connectivity index (χ1n) is 7.88. The summed E-state index contributed by atoms with van der Waals surface area (Å²) >= 11 is 0. The van der Waals surface area contributed by atoms with Gasteiger partial charge < -0.3 is 15.4 Å². The third-order valence-corrected chi connectivity index (χ3v) is 4.15. The molecule has 0 unspecified atom stereocenters. The SMILES string of the molecule is CCOc1cccnc1C(=O)N1C[C@@H](N)[C@H](c2ccccc2)C1.Cl.Cl. The molecule has 1 saturated heterocycles. The number of hydrogen-bond acceptors (Lipinski definition) is 4. The maximum Gasteiger partial charge on any atom is 0.276 e. The molecule has 0 radical (unpaired) electrons. The number of benzene rings is 1. The number of likely N-dealkylation sites (tertiary alicyclic amines) is 1. The van der Waals surface area contributed by atoms with Crippen molar-refractivity contribution >= 4 is 30.7 Å². The minimum absolute atomic E-state index is 0. The van der Waals surface area contributed by atoms with Crippen LogP contribution in [-0.4, -0.2) is 41.5 Å². The zero-order chi connectivity index (χ0) is 16.2. The third kappa shape index (κ3) is 4.63. The summed E-state index contributed by atoms with van der Waals surface area (Å²) in [7, 11) is 0. The lowest BCUT2D eigenvalue weighted by Gasteiger charge is -2.17. The zero-order valence-electron chi connectivity index (χ0n) is 14.0. The highest BCUT2D eigenvalue weighted by molar-refractivity contribution is 5.95. The maximum atomic E-state index is 12.8. The minimum atomic E-state index is -0.122. The van der Waals surface area contributed by atoms with Gasteiger partial charge in [0.05, 0.1) is 6.61 Å². The van der Waals surface area contributed by atoms with E-state index < -0.39 is 0 Å². The van der Waals surface area contributed by atoms with Crippen molar-refractivity contribution in [3.8, 4) is 5.75 Å². The predicted molar refractivity (Wildman–Crippen MR) is 103 cm³/mol. The summed E-state index contributed by atoms with van der Waals surface area (Å²) in [5, 5.41) is 0. The second-order valence-electron chi connectivity index (χ2n) is 5.67. The van der Waals surface area contributed by atoms with Crippen LogP contribution in [-0.2, 0) is 0 Å². The van der Waals surface area contributed by atoms with E-state index in [1.54, 1.807) is 23.2 Å². The summed E-state index contributed by atoms with van der Waals surface area (Å²) in [6.45, 7) is 3.52. The molecular formula is C18H23Cl2N3O2. The highest BCUT2D eigenvalue weighted by Crippen LogP contribution is 2.28. The Hall–Kier alpha value is -1.82. The van der Waals surface area contributed by atoms with Crippen molar-refractivity contribution in [3.63, 3.8) is 0 Å². The Bertz CT molecular complexity index is 685. The average Bonchev–Trinajstić information content (AvgIpc) is 2.98. The Morgan fingerprint density at radius 1 is 1.20 bits per heavy atom. The van der Waals surface area contributed by atoms with Gasteiger partial charge in [-0.1, -0.05) is 30.3 Å². The molecule has 1 fully saturated rings. The van der Waals surface area contributed by atoms with Gasteiger partial charge in [-0.15, -0.1) is 24.8 Å². The lowest BCUT2D eigenvalue weighted by molar-refractivity contribution is 0.0778. The number of nitrogens with zero attached hydrogens (tertiary/aromatic N) is 2. The van der Waals surface area contributed by atoms with Crippen LogP contribution in [0.3, 0.4) is 0 Å². The van der Waals surface area contributed by atoms with Crippen molar-refractivity contribution in [2.24, 2.45) is 5.73 Å². The van der Waals surface area contributed by atoms with E-state index in [0.717, 1.165) is 0 Å². The summed E-state index contributed by atoms with van der Waals surface area (Å²) in [5.74, 6) is 0.555. The van der Waals surface area contributed by atoms with E-state index in [0.29, 0.717) is 31.1 Å². The standard InChI is InChI=1S/C18H21N3O2.2ClH/c1-2-23-16-9-6-10-20-17(16)18(22)21-11-14(15(19)12-21)13-7-4-3-5-8-13;;/h3-10,14-15H,2,11-12,19H2,1H3;2*1H/t14-,15+;;/m0../s1. The lowest BCUT2D eigenvalue weighted by Crippen LogP contribution is -2.32. The van der Waals surface area contributed by atoms with E-state index in [9.17, 15) is 4.79 Å². The van der Waals surface area contributed by atoms with Crippen molar-refractivity contribution in [2.75, 3.05) is 19.7 Å². The van der Waals surface area contributed by atoms with E-state index in [-0.39, 0.29) is 42.7 Å². The number of pyridine rings is 1. The number of hydrogen-bond donors (Lipinski definition) is 1. The van der Waals surface area contributed by atoms with Gasteiger partial charge in [0, 0.05) is 31.2 Å². The maximum absolute atomic E-state index is 12.8. The van der Waals surface area contributed by atoms with Crippen LogP contribution in [0.15, 0.2) is 48.7 Å². The van der Waals surface area contributed by atoms with Crippen LogP contribution in [0.5, 0.6) is 5.75 Å². The van der Waals surface area contributed by atoms with Crippen LogP contribution in [0.4, 0.5) is 0 Å². The van der Waals surface area contributed by atoms with Crippen LogP contribution in [0.2, 0.25) is 0 Å². The van der Waals surface area contributed by atoms with Gasteiger partial charge in [0.1, 0.15) is 0 Å². The Labute approximate surface area is 160 Å². The fraction of sp³-hybridized carbons (Fsp3) is 0.333. The molecule has 1 amide bonds. The van der Waals surface area contributed by atoms with E-state index >= 15 is 0 Å². The molecule has 2 N–H and O–H groups in total. The summed E-state index contributed by atoms with van der Waals surface area (Å²) < 4.78 is 5.51. The van der Waals surface area contributed by atoms with Crippen molar-refractivity contribution in [3.05, 3.63) is 59.9 Å². The molecule has 2 heterocycles. The lowest BCUT2D eigenvalue weighted by atomic mass is 9.95. The fourth-order valence-electron chi connectivity index (χ4n) is 3.02. The molecule has 2 atom stereocenters. The summed E-state index contributed by atoms with van der Waals surface area (Å²) in [6.07, 6.45) is 1.61. The molecule has 0 bridgehead atoms. The van der Waals surface area contributed by atoms with Gasteiger partial charge in [-0.3, -0.25) is 4.79 Å². The summed E-state index contributed by atoms with van der Waals surface area (Å²) in [5.41, 5.74) is 7.79. The highest BCUT2D eigenvalue weighted by atomic mass is 35.5. The van der Waals surface area contributed by atoms with Crippen molar-refractivity contribution in [2.45, 2.75) is 18.9 Å². The second-order valence-corrected chi connectivity index (χ2v) is 5.67. The quantitative estimate of drug-likeness (QED) is 0.880. The average molecular weight is 384 g/mol. The normalized spacial score (nSPS) is 18.9. The number of halogens is 2. The molecule has 1 aliphatic heterocycles. The molecule has 3 rings (SSSR count). The third-order valence-electron chi connectivity index (χ3n) is 4.15. The van der Waals surface area contributed by atoms with Gasteiger partial charge in [0.2, 0.25) is 0 Å². The number of ether oxygens (including phenoxy) is 1. The Kier molecular flexibility index (Phi) is 8.16. The molecule has 1 aromatic heterocycles. The first kappa shape index (κ1) is 21.2. The van der Waals surface area contributed by atoms with Gasteiger partial charge in [-0.05, 0) is 24.6 Å². The Morgan fingerprint density at radius 2 is 1.92 bits per heavy atom. The molecule has 0 spiro atoms. The van der Waals surface area contributed by atoms with E-state index in [1.165, 1.54) is 5.56 Å². The Balaban J connectivity index is 0.00000156. The number of rotatable bonds is 4. The number of nitrogens with two attached hydrogens (primary N) is 1. The van der Waals surface area contributed by atoms with Crippen molar-refractivity contribution in [1.82, 2.24) is 9.88 Å². The topological polar surface area (TPSA) is 68.5 Å². The van der Waals surface area contributed by atoms with Crippen molar-refractivity contribution in [1.29, 1.82) is 0 Å². The minimum Gasteiger partial charge on any atom is -0.491 e. The molecule has 0 saturated carbocycles. The summed E-state index contributed by atoms with van der Waals surface area (Å²) in [6, 6.07) is 13.6. The first-order chi connectivity index (χ1) is 11.2. The molecule has 5 nitrogen and oxygen atoms in total. The zero-order valence-corrected chi connectivity index (χ0v) is 15.6. The highest BCUT2D eigenvalue weighted by Gasteiger charge is 2.35. The molecule has 1 aliphatic rings. The van der Waals surface area contributed by atoms with Crippen LogP contribution >= 0.6 is 24.8 Å². The van der Waals surface area contributed by atoms with Gasteiger partial charge >= 0.3 is 0 Å². The monoisotopic (exact) mass is 383 g/mol. The molecule has 7 heteroatoms.